The molecule has 0 radical (unpaired) electrons. The molecule has 26 heavy (non-hydrogen) atoms. The Hall–Kier alpha value is -2.80. The van der Waals surface area contributed by atoms with Crippen molar-refractivity contribution in [1.82, 2.24) is 24.6 Å². The van der Waals surface area contributed by atoms with Crippen LogP contribution < -0.4 is 0 Å². The minimum absolute atomic E-state index is 0.0699. The number of pyridine rings is 2. The SMILES string of the molecule is Cc1ccc(C2(O)CCN(C(=O)c3cnc4cnn(C)c4c3)CC2)nc1. The molecule has 7 nitrogen and oxygen atoms in total. The van der Waals surface area contributed by atoms with E-state index in [0.29, 0.717) is 37.2 Å². The first-order valence-electron chi connectivity index (χ1n) is 8.69. The zero-order valence-electron chi connectivity index (χ0n) is 14.9. The maximum atomic E-state index is 12.8. The van der Waals surface area contributed by atoms with Crippen LogP contribution in [0.15, 0.2) is 36.8 Å². The van der Waals surface area contributed by atoms with Gasteiger partial charge in [0.1, 0.15) is 11.1 Å². The lowest BCUT2D eigenvalue weighted by Crippen LogP contribution is -2.45. The van der Waals surface area contributed by atoms with Crippen LogP contribution in [0.5, 0.6) is 0 Å². The van der Waals surface area contributed by atoms with Gasteiger partial charge in [-0.25, -0.2) is 0 Å². The Bertz CT molecular complexity index is 956. The zero-order chi connectivity index (χ0) is 18.3. The number of piperidine rings is 1. The van der Waals surface area contributed by atoms with Gasteiger partial charge in [-0.1, -0.05) is 6.07 Å². The smallest absolute Gasteiger partial charge is 0.255 e. The average molecular weight is 351 g/mol. The van der Waals surface area contributed by atoms with Crippen molar-refractivity contribution in [2.24, 2.45) is 7.05 Å². The molecule has 0 bridgehead atoms. The summed E-state index contributed by atoms with van der Waals surface area (Å²) in [5.74, 6) is -0.0699. The van der Waals surface area contributed by atoms with E-state index >= 15 is 0 Å². The number of nitrogens with zero attached hydrogens (tertiary/aromatic N) is 5. The van der Waals surface area contributed by atoms with Crippen LogP contribution in [-0.4, -0.2) is 48.8 Å². The van der Waals surface area contributed by atoms with Crippen LogP contribution in [0, 0.1) is 6.92 Å². The van der Waals surface area contributed by atoms with Gasteiger partial charge in [0.05, 0.1) is 23.0 Å². The number of hydrogen-bond acceptors (Lipinski definition) is 5. The normalized spacial score (nSPS) is 16.8. The summed E-state index contributed by atoms with van der Waals surface area (Å²) in [6.07, 6.45) is 5.97. The van der Waals surface area contributed by atoms with Crippen LogP contribution in [0.3, 0.4) is 0 Å². The van der Waals surface area contributed by atoms with Gasteiger partial charge in [0.25, 0.3) is 5.91 Å². The maximum absolute atomic E-state index is 12.8. The molecular formula is C19H21N5O2. The van der Waals surface area contributed by atoms with Crippen molar-refractivity contribution >= 4 is 16.9 Å². The van der Waals surface area contributed by atoms with Crippen LogP contribution in [0.2, 0.25) is 0 Å². The first-order chi connectivity index (χ1) is 12.5. The van der Waals surface area contributed by atoms with Crippen molar-refractivity contribution in [3.63, 3.8) is 0 Å². The van der Waals surface area contributed by atoms with Crippen LogP contribution >= 0.6 is 0 Å². The third-order valence-electron chi connectivity index (χ3n) is 5.11. The van der Waals surface area contributed by atoms with E-state index in [1.165, 1.54) is 0 Å². The Morgan fingerprint density at radius 2 is 1.92 bits per heavy atom. The number of hydrogen-bond donors (Lipinski definition) is 1. The summed E-state index contributed by atoms with van der Waals surface area (Å²) >= 11 is 0. The number of amides is 1. The molecule has 1 amide bonds. The molecule has 1 aliphatic heterocycles. The molecule has 1 fully saturated rings. The molecule has 0 atom stereocenters. The second-order valence-electron chi connectivity index (χ2n) is 6.94. The molecule has 7 heteroatoms. The summed E-state index contributed by atoms with van der Waals surface area (Å²) in [6, 6.07) is 5.64. The Kier molecular flexibility index (Phi) is 3.96. The second-order valence-corrected chi connectivity index (χ2v) is 6.94. The minimum Gasteiger partial charge on any atom is -0.383 e. The van der Waals surface area contributed by atoms with Crippen molar-refractivity contribution in [2.45, 2.75) is 25.4 Å². The lowest BCUT2D eigenvalue weighted by atomic mass is 9.87. The predicted molar refractivity (Wildman–Crippen MR) is 96.5 cm³/mol. The van der Waals surface area contributed by atoms with Gasteiger partial charge >= 0.3 is 0 Å². The van der Waals surface area contributed by atoms with Gasteiger partial charge in [-0.05, 0) is 37.5 Å². The van der Waals surface area contributed by atoms with E-state index in [1.807, 2.05) is 32.2 Å². The minimum atomic E-state index is -0.977. The summed E-state index contributed by atoms with van der Waals surface area (Å²) in [5, 5.41) is 15.1. The van der Waals surface area contributed by atoms with Gasteiger partial charge in [-0.2, -0.15) is 5.10 Å². The molecule has 0 aromatic carbocycles. The molecule has 3 aromatic rings. The molecule has 3 aromatic heterocycles. The fourth-order valence-electron chi connectivity index (χ4n) is 3.40. The monoisotopic (exact) mass is 351 g/mol. The molecule has 1 saturated heterocycles. The van der Waals surface area contributed by atoms with Crippen molar-refractivity contribution in [3.05, 3.63) is 53.6 Å². The second kappa shape index (κ2) is 6.17. The zero-order valence-corrected chi connectivity index (χ0v) is 14.9. The lowest BCUT2D eigenvalue weighted by Gasteiger charge is -2.37. The van der Waals surface area contributed by atoms with E-state index in [-0.39, 0.29) is 5.91 Å². The first-order valence-corrected chi connectivity index (χ1v) is 8.69. The van der Waals surface area contributed by atoms with Crippen LogP contribution in [-0.2, 0) is 12.6 Å². The van der Waals surface area contributed by atoms with E-state index < -0.39 is 5.60 Å². The molecule has 0 unspecified atom stereocenters. The van der Waals surface area contributed by atoms with Crippen molar-refractivity contribution in [2.75, 3.05) is 13.1 Å². The third kappa shape index (κ3) is 2.84. The number of rotatable bonds is 2. The molecule has 1 N–H and O–H groups in total. The summed E-state index contributed by atoms with van der Waals surface area (Å²) in [4.78, 5) is 23.3. The van der Waals surface area contributed by atoms with Gasteiger partial charge in [-0.3, -0.25) is 19.4 Å². The predicted octanol–water partition coefficient (Wildman–Crippen LogP) is 1.80. The molecule has 0 spiro atoms. The number of carbonyl (C=O) groups is 1. The van der Waals surface area contributed by atoms with E-state index in [9.17, 15) is 9.90 Å². The highest BCUT2D eigenvalue weighted by molar-refractivity contribution is 5.96. The third-order valence-corrected chi connectivity index (χ3v) is 5.11. The quantitative estimate of drug-likeness (QED) is 0.761. The first kappa shape index (κ1) is 16.7. The Balaban J connectivity index is 1.50. The standard InChI is InChI=1S/C19H21N5O2/c1-13-3-4-17(21-10-13)19(26)5-7-24(8-6-19)18(25)14-9-16-15(20-11-14)12-22-23(16)2/h3-4,9-12,26H,5-8H2,1-2H3. The van der Waals surface area contributed by atoms with E-state index in [1.54, 1.807) is 28.2 Å². The van der Waals surface area contributed by atoms with Crippen molar-refractivity contribution in [3.8, 4) is 0 Å². The Morgan fingerprint density at radius 1 is 1.15 bits per heavy atom. The van der Waals surface area contributed by atoms with Gasteiger partial charge in [-0.15, -0.1) is 0 Å². The maximum Gasteiger partial charge on any atom is 0.255 e. The highest BCUT2D eigenvalue weighted by atomic mass is 16.3. The molecule has 134 valence electrons. The molecule has 0 saturated carbocycles. The topological polar surface area (TPSA) is 84.1 Å². The molecule has 4 rings (SSSR count). The number of aliphatic hydroxyl groups is 1. The average Bonchev–Trinajstić information content (AvgIpc) is 3.03. The summed E-state index contributed by atoms with van der Waals surface area (Å²) in [5.41, 5.74) is 2.89. The highest BCUT2D eigenvalue weighted by Gasteiger charge is 2.36. The number of aryl methyl sites for hydroxylation is 2. The van der Waals surface area contributed by atoms with Gasteiger partial charge in [0, 0.05) is 32.5 Å². The molecule has 0 aliphatic carbocycles. The molecule has 1 aliphatic rings. The molecular weight excluding hydrogens is 330 g/mol. The summed E-state index contributed by atoms with van der Waals surface area (Å²) in [6.45, 7) is 2.93. The Morgan fingerprint density at radius 3 is 2.62 bits per heavy atom. The number of carbonyl (C=O) groups excluding carboxylic acids is 1. The fourth-order valence-corrected chi connectivity index (χ4v) is 3.40. The van der Waals surface area contributed by atoms with Crippen molar-refractivity contribution < 1.29 is 9.90 Å². The number of aromatic nitrogens is 4. The summed E-state index contributed by atoms with van der Waals surface area (Å²) < 4.78 is 1.71. The van der Waals surface area contributed by atoms with Gasteiger partial charge in [0.15, 0.2) is 0 Å². The number of fused-ring (bicyclic) bond motifs is 1. The molecule has 4 heterocycles. The van der Waals surface area contributed by atoms with Crippen LogP contribution in [0.4, 0.5) is 0 Å². The van der Waals surface area contributed by atoms with E-state index in [4.69, 9.17) is 0 Å². The van der Waals surface area contributed by atoms with E-state index in [2.05, 4.69) is 15.1 Å². The van der Waals surface area contributed by atoms with Crippen LogP contribution in [0.1, 0.15) is 34.5 Å². The van der Waals surface area contributed by atoms with Crippen molar-refractivity contribution in [1.29, 1.82) is 0 Å². The van der Waals surface area contributed by atoms with E-state index in [0.717, 1.165) is 16.6 Å². The largest absolute Gasteiger partial charge is 0.383 e. The van der Waals surface area contributed by atoms with Gasteiger partial charge in [0.2, 0.25) is 0 Å². The fraction of sp³-hybridized carbons (Fsp3) is 0.368. The number of likely N-dealkylation sites (tertiary alicyclic amines) is 1. The summed E-state index contributed by atoms with van der Waals surface area (Å²) in [7, 11) is 1.83. The highest BCUT2D eigenvalue weighted by Crippen LogP contribution is 2.32. The van der Waals surface area contributed by atoms with Crippen LogP contribution in [0.25, 0.3) is 11.0 Å². The van der Waals surface area contributed by atoms with Gasteiger partial charge < -0.3 is 10.0 Å². The lowest BCUT2D eigenvalue weighted by molar-refractivity contribution is -0.0244. The Labute approximate surface area is 151 Å².